The van der Waals surface area contributed by atoms with Gasteiger partial charge in [-0.3, -0.25) is 9.88 Å². The van der Waals surface area contributed by atoms with Crippen LogP contribution in [0.4, 0.5) is 0 Å². The standard InChI is InChI=1S/C18H25N3/c1-4-17(19)18(15-10-8-14(2)9-11-15)21(3)13-16-7-5-6-12-20-16/h5-12,17-18H,4,13,19H2,1-3H3. The van der Waals surface area contributed by atoms with Crippen LogP contribution in [-0.2, 0) is 6.54 Å². The molecule has 0 aliphatic heterocycles. The number of hydrogen-bond acceptors (Lipinski definition) is 3. The van der Waals surface area contributed by atoms with Crippen LogP contribution in [0.5, 0.6) is 0 Å². The van der Waals surface area contributed by atoms with Crippen molar-refractivity contribution in [2.24, 2.45) is 5.73 Å². The Kier molecular flexibility index (Phi) is 5.48. The van der Waals surface area contributed by atoms with Crippen molar-refractivity contribution < 1.29 is 0 Å². The summed E-state index contributed by atoms with van der Waals surface area (Å²) < 4.78 is 0. The van der Waals surface area contributed by atoms with Crippen molar-refractivity contribution in [2.75, 3.05) is 7.05 Å². The van der Waals surface area contributed by atoms with E-state index in [1.54, 1.807) is 0 Å². The maximum absolute atomic E-state index is 6.38. The van der Waals surface area contributed by atoms with Gasteiger partial charge >= 0.3 is 0 Å². The summed E-state index contributed by atoms with van der Waals surface area (Å²) in [6.07, 6.45) is 2.79. The topological polar surface area (TPSA) is 42.1 Å². The van der Waals surface area contributed by atoms with Gasteiger partial charge in [0.05, 0.1) is 5.69 Å². The van der Waals surface area contributed by atoms with Gasteiger partial charge in [-0.1, -0.05) is 42.8 Å². The second-order valence-corrected chi connectivity index (χ2v) is 5.66. The number of nitrogens with zero attached hydrogens (tertiary/aromatic N) is 2. The summed E-state index contributed by atoms with van der Waals surface area (Å²) in [5.74, 6) is 0. The minimum absolute atomic E-state index is 0.112. The van der Waals surface area contributed by atoms with Crippen LogP contribution in [-0.4, -0.2) is 23.0 Å². The van der Waals surface area contributed by atoms with Crippen LogP contribution in [0, 0.1) is 6.92 Å². The Hall–Kier alpha value is -1.71. The lowest BCUT2D eigenvalue weighted by molar-refractivity contribution is 0.199. The predicted molar refractivity (Wildman–Crippen MR) is 87.9 cm³/mol. The highest BCUT2D eigenvalue weighted by atomic mass is 15.2. The minimum atomic E-state index is 0.112. The molecule has 0 radical (unpaired) electrons. The Morgan fingerprint density at radius 2 is 1.86 bits per heavy atom. The van der Waals surface area contributed by atoms with Gasteiger partial charge in [0.15, 0.2) is 0 Å². The van der Waals surface area contributed by atoms with Crippen molar-refractivity contribution in [1.82, 2.24) is 9.88 Å². The van der Waals surface area contributed by atoms with E-state index in [1.165, 1.54) is 11.1 Å². The van der Waals surface area contributed by atoms with Gasteiger partial charge in [0.1, 0.15) is 0 Å². The number of aromatic nitrogens is 1. The highest BCUT2D eigenvalue weighted by Crippen LogP contribution is 2.25. The van der Waals surface area contributed by atoms with E-state index in [1.807, 2.05) is 18.3 Å². The fraction of sp³-hybridized carbons (Fsp3) is 0.389. The first-order valence-corrected chi connectivity index (χ1v) is 7.54. The lowest BCUT2D eigenvalue weighted by Gasteiger charge is -2.32. The van der Waals surface area contributed by atoms with Gasteiger partial charge < -0.3 is 5.73 Å². The molecule has 3 heteroatoms. The smallest absolute Gasteiger partial charge is 0.0544 e. The van der Waals surface area contributed by atoms with Crippen LogP contribution in [0.3, 0.4) is 0 Å². The molecule has 2 rings (SSSR count). The van der Waals surface area contributed by atoms with E-state index in [0.29, 0.717) is 0 Å². The molecule has 0 aliphatic carbocycles. The summed E-state index contributed by atoms with van der Waals surface area (Å²) in [7, 11) is 2.12. The monoisotopic (exact) mass is 283 g/mol. The van der Waals surface area contributed by atoms with Crippen LogP contribution >= 0.6 is 0 Å². The lowest BCUT2D eigenvalue weighted by atomic mass is 9.95. The molecule has 2 aromatic rings. The predicted octanol–water partition coefficient (Wildman–Crippen LogP) is 3.30. The molecule has 1 heterocycles. The third-order valence-electron chi connectivity index (χ3n) is 3.91. The Morgan fingerprint density at radius 1 is 1.14 bits per heavy atom. The highest BCUT2D eigenvalue weighted by Gasteiger charge is 2.23. The first kappa shape index (κ1) is 15.7. The number of benzene rings is 1. The van der Waals surface area contributed by atoms with Gasteiger partial charge in [0.25, 0.3) is 0 Å². The first-order chi connectivity index (χ1) is 10.1. The largest absolute Gasteiger partial charge is 0.326 e. The minimum Gasteiger partial charge on any atom is -0.326 e. The van der Waals surface area contributed by atoms with Crippen molar-refractivity contribution in [3.8, 4) is 0 Å². The van der Waals surface area contributed by atoms with Crippen molar-refractivity contribution in [3.05, 3.63) is 65.5 Å². The number of nitrogens with two attached hydrogens (primary N) is 1. The van der Waals surface area contributed by atoms with E-state index in [4.69, 9.17) is 5.73 Å². The molecule has 2 N–H and O–H groups in total. The lowest BCUT2D eigenvalue weighted by Crippen LogP contribution is -2.38. The maximum Gasteiger partial charge on any atom is 0.0544 e. The Balaban J connectivity index is 2.21. The number of aryl methyl sites for hydroxylation is 1. The fourth-order valence-corrected chi connectivity index (χ4v) is 2.66. The first-order valence-electron chi connectivity index (χ1n) is 7.54. The van der Waals surface area contributed by atoms with Gasteiger partial charge in [-0.05, 0) is 38.1 Å². The molecule has 0 fully saturated rings. The summed E-state index contributed by atoms with van der Waals surface area (Å²) in [5, 5.41) is 0. The zero-order valence-electron chi connectivity index (χ0n) is 13.2. The van der Waals surface area contributed by atoms with Crippen LogP contribution < -0.4 is 5.73 Å². The number of rotatable bonds is 6. The van der Waals surface area contributed by atoms with Crippen LogP contribution in [0.25, 0.3) is 0 Å². The molecule has 0 saturated heterocycles. The molecule has 1 aromatic carbocycles. The average Bonchev–Trinajstić information content (AvgIpc) is 2.50. The average molecular weight is 283 g/mol. The molecular formula is C18H25N3. The third-order valence-corrected chi connectivity index (χ3v) is 3.91. The number of pyridine rings is 1. The van der Waals surface area contributed by atoms with Crippen molar-refractivity contribution in [2.45, 2.75) is 38.9 Å². The van der Waals surface area contributed by atoms with E-state index in [0.717, 1.165) is 18.7 Å². The molecular weight excluding hydrogens is 258 g/mol. The summed E-state index contributed by atoms with van der Waals surface area (Å²) in [6.45, 7) is 5.05. The van der Waals surface area contributed by atoms with Crippen LogP contribution in [0.15, 0.2) is 48.7 Å². The molecule has 1 aromatic heterocycles. The second kappa shape index (κ2) is 7.34. The molecule has 21 heavy (non-hydrogen) atoms. The summed E-state index contributed by atoms with van der Waals surface area (Å²) in [6, 6.07) is 15.0. The van der Waals surface area contributed by atoms with Crippen molar-refractivity contribution >= 4 is 0 Å². The Bertz CT molecular complexity index is 536. The van der Waals surface area contributed by atoms with Crippen molar-refractivity contribution in [3.63, 3.8) is 0 Å². The molecule has 0 amide bonds. The SMILES string of the molecule is CCC(N)C(c1ccc(C)cc1)N(C)Cc1ccccn1. The summed E-state index contributed by atoms with van der Waals surface area (Å²) in [5.41, 5.74) is 9.99. The van der Waals surface area contributed by atoms with E-state index in [9.17, 15) is 0 Å². The molecule has 112 valence electrons. The normalized spacial score (nSPS) is 14.1. The number of likely N-dealkylation sites (N-methyl/N-ethyl adjacent to an activating group) is 1. The summed E-state index contributed by atoms with van der Waals surface area (Å²) >= 11 is 0. The zero-order chi connectivity index (χ0) is 15.2. The molecule has 0 aliphatic rings. The fourth-order valence-electron chi connectivity index (χ4n) is 2.66. The highest BCUT2D eigenvalue weighted by molar-refractivity contribution is 5.25. The van der Waals surface area contributed by atoms with Gasteiger partial charge in [-0.15, -0.1) is 0 Å². The zero-order valence-corrected chi connectivity index (χ0v) is 13.2. The van der Waals surface area contributed by atoms with E-state index >= 15 is 0 Å². The van der Waals surface area contributed by atoms with Crippen LogP contribution in [0.1, 0.15) is 36.2 Å². The molecule has 0 spiro atoms. The third kappa shape index (κ3) is 4.13. The van der Waals surface area contributed by atoms with Crippen molar-refractivity contribution in [1.29, 1.82) is 0 Å². The Labute approximate surface area is 127 Å². The number of hydrogen-bond donors (Lipinski definition) is 1. The second-order valence-electron chi connectivity index (χ2n) is 5.66. The van der Waals surface area contributed by atoms with E-state index < -0.39 is 0 Å². The van der Waals surface area contributed by atoms with Crippen LogP contribution in [0.2, 0.25) is 0 Å². The molecule has 2 atom stereocenters. The van der Waals surface area contributed by atoms with Gasteiger partial charge in [0, 0.05) is 24.8 Å². The van der Waals surface area contributed by atoms with Gasteiger partial charge in [0.2, 0.25) is 0 Å². The van der Waals surface area contributed by atoms with Gasteiger partial charge in [-0.25, -0.2) is 0 Å². The maximum atomic E-state index is 6.38. The molecule has 2 unspecified atom stereocenters. The summed E-state index contributed by atoms with van der Waals surface area (Å²) in [4.78, 5) is 6.70. The molecule has 3 nitrogen and oxygen atoms in total. The molecule has 0 bridgehead atoms. The quantitative estimate of drug-likeness (QED) is 0.884. The molecule has 0 saturated carbocycles. The van der Waals surface area contributed by atoms with Gasteiger partial charge in [-0.2, -0.15) is 0 Å². The van der Waals surface area contributed by atoms with E-state index in [2.05, 4.69) is 61.1 Å². The van der Waals surface area contributed by atoms with E-state index in [-0.39, 0.29) is 12.1 Å². The Morgan fingerprint density at radius 3 is 2.43 bits per heavy atom.